The molecule has 19 heteroatoms. The average Bonchev–Trinajstić information content (AvgIpc) is 3.78. The first kappa shape index (κ1) is 40.5. The van der Waals surface area contributed by atoms with E-state index in [4.69, 9.17) is 36.5 Å². The lowest BCUT2D eigenvalue weighted by molar-refractivity contribution is 0.0636. The Morgan fingerprint density at radius 2 is 2.02 bits per heavy atom. The Hall–Kier alpha value is -5.25. The fraction of sp³-hybridized carbons (Fsp3) is 0.425. The van der Waals surface area contributed by atoms with E-state index in [1.54, 1.807) is 32.9 Å². The van der Waals surface area contributed by atoms with Crippen LogP contribution >= 0.6 is 22.9 Å². The number of aromatic nitrogens is 3. The number of alkyl halides is 3. The molecular weight excluding hydrogens is 819 g/mol. The van der Waals surface area contributed by atoms with Gasteiger partial charge < -0.3 is 24.8 Å². The van der Waals surface area contributed by atoms with Crippen LogP contribution in [0.2, 0.25) is 5.02 Å². The zero-order valence-corrected chi connectivity index (χ0v) is 33.6. The molecule has 8 rings (SSSR count). The lowest BCUT2D eigenvalue weighted by Crippen LogP contribution is -2.43. The van der Waals surface area contributed by atoms with Crippen LogP contribution in [0.3, 0.4) is 0 Å². The highest BCUT2D eigenvalue weighted by molar-refractivity contribution is 7.23. The average molecular weight is 857 g/mol. The van der Waals surface area contributed by atoms with Crippen molar-refractivity contribution in [1.29, 1.82) is 5.26 Å². The molecule has 2 aromatic carbocycles. The van der Waals surface area contributed by atoms with Crippen molar-refractivity contribution in [2.45, 2.75) is 76.2 Å². The second kappa shape index (κ2) is 15.4. The van der Waals surface area contributed by atoms with Crippen LogP contribution in [0.25, 0.3) is 32.1 Å². The first-order chi connectivity index (χ1) is 28.1. The number of halogens is 6. The van der Waals surface area contributed by atoms with Crippen LogP contribution in [0.5, 0.6) is 11.8 Å². The van der Waals surface area contributed by atoms with E-state index in [9.17, 15) is 23.2 Å². The zero-order valence-electron chi connectivity index (χ0n) is 32.1. The highest BCUT2D eigenvalue weighted by atomic mass is 35.5. The molecule has 0 aliphatic carbocycles. The molecule has 12 nitrogen and oxygen atoms in total. The van der Waals surface area contributed by atoms with Gasteiger partial charge in [0.1, 0.15) is 59.0 Å². The summed E-state index contributed by atoms with van der Waals surface area (Å²) in [5, 5.41) is 12.4. The Labute approximate surface area is 344 Å². The SMILES string of the molecule is CC(C)(C)OC(=O)Nc1sc2c(F)ccc(-c3c(Cl)c4c5c(nc(OC[C@@]67CCCN6C[C@H](F)C7)nc5c3F)N(C(CC(F)F)c3cccnc3N)CCO4)c2c1C#N. The summed E-state index contributed by atoms with van der Waals surface area (Å²) in [5.74, 6) is -1.96. The molecule has 3 atom stereocenters. The third-order valence-corrected chi connectivity index (χ3v) is 12.3. The summed E-state index contributed by atoms with van der Waals surface area (Å²) in [4.78, 5) is 29.7. The number of hydrogen-bond donors (Lipinski definition) is 2. The van der Waals surface area contributed by atoms with Crippen LogP contribution in [0, 0.1) is 23.0 Å². The Bertz CT molecular complexity index is 2530. The number of nitrogens with one attached hydrogen (secondary N) is 1. The number of amides is 1. The predicted octanol–water partition coefficient (Wildman–Crippen LogP) is 9.19. The Balaban J connectivity index is 1.34. The topological polar surface area (TPSA) is 152 Å². The largest absolute Gasteiger partial charge is 0.489 e. The molecule has 1 amide bonds. The van der Waals surface area contributed by atoms with E-state index >= 15 is 8.78 Å². The van der Waals surface area contributed by atoms with Crippen LogP contribution in [0.1, 0.15) is 63.6 Å². The maximum atomic E-state index is 17.7. The van der Waals surface area contributed by atoms with Gasteiger partial charge in [0.2, 0.25) is 6.43 Å². The number of hydrogen-bond acceptors (Lipinski definition) is 12. The summed E-state index contributed by atoms with van der Waals surface area (Å²) < 4.78 is 94.6. The number of nitrogens with two attached hydrogens (primary N) is 1. The highest BCUT2D eigenvalue weighted by Gasteiger charge is 2.49. The number of benzene rings is 2. The van der Waals surface area contributed by atoms with Gasteiger partial charge in [-0.15, -0.1) is 11.3 Å². The van der Waals surface area contributed by atoms with Gasteiger partial charge in [0, 0.05) is 42.1 Å². The summed E-state index contributed by atoms with van der Waals surface area (Å²) >= 11 is 7.85. The molecular formula is C40H38ClF5N8O4S. The van der Waals surface area contributed by atoms with Gasteiger partial charge in [-0.05, 0) is 57.9 Å². The molecule has 3 aliphatic heterocycles. The summed E-state index contributed by atoms with van der Waals surface area (Å²) in [6.45, 7) is 5.61. The molecule has 3 aromatic heterocycles. The van der Waals surface area contributed by atoms with E-state index in [-0.39, 0.29) is 109 Å². The number of nitrogens with zero attached hydrogens (tertiary/aromatic N) is 6. The lowest BCUT2D eigenvalue weighted by Gasteiger charge is -2.33. The fourth-order valence-corrected chi connectivity index (χ4v) is 9.86. The quantitative estimate of drug-likeness (QED) is 0.137. The molecule has 0 bridgehead atoms. The molecule has 2 fully saturated rings. The number of fused-ring (bicyclic) bond motifs is 2. The Kier molecular flexibility index (Phi) is 10.6. The molecule has 6 heterocycles. The molecule has 5 aromatic rings. The van der Waals surface area contributed by atoms with Gasteiger partial charge in [-0.3, -0.25) is 10.2 Å². The van der Waals surface area contributed by atoms with Gasteiger partial charge in [-0.25, -0.2) is 31.7 Å². The van der Waals surface area contributed by atoms with Crippen molar-refractivity contribution >= 4 is 66.7 Å². The Morgan fingerprint density at radius 1 is 1.22 bits per heavy atom. The highest BCUT2D eigenvalue weighted by Crippen LogP contribution is 2.52. The van der Waals surface area contributed by atoms with Crippen molar-refractivity contribution in [3.05, 3.63) is 58.2 Å². The maximum absolute atomic E-state index is 17.7. The summed E-state index contributed by atoms with van der Waals surface area (Å²) in [5.41, 5.74) is 4.05. The van der Waals surface area contributed by atoms with Crippen molar-refractivity contribution < 1.29 is 41.0 Å². The number of thiophene rings is 1. The molecule has 310 valence electrons. The normalized spacial score (nSPS) is 19.7. The van der Waals surface area contributed by atoms with Gasteiger partial charge in [0.25, 0.3) is 0 Å². The first-order valence-electron chi connectivity index (χ1n) is 18.9. The van der Waals surface area contributed by atoms with Gasteiger partial charge >= 0.3 is 12.1 Å². The van der Waals surface area contributed by atoms with E-state index in [1.165, 1.54) is 17.2 Å². The molecule has 59 heavy (non-hydrogen) atoms. The molecule has 3 aliphatic rings. The van der Waals surface area contributed by atoms with Crippen molar-refractivity contribution in [3.63, 3.8) is 0 Å². The third-order valence-electron chi connectivity index (χ3n) is 10.8. The van der Waals surface area contributed by atoms with Gasteiger partial charge in [0.15, 0.2) is 11.6 Å². The first-order valence-corrected chi connectivity index (χ1v) is 20.1. The molecule has 2 saturated heterocycles. The smallest absolute Gasteiger partial charge is 0.412 e. The van der Waals surface area contributed by atoms with Gasteiger partial charge in [-0.2, -0.15) is 15.2 Å². The van der Waals surface area contributed by atoms with Crippen molar-refractivity contribution in [1.82, 2.24) is 19.9 Å². The lowest BCUT2D eigenvalue weighted by atomic mass is 9.95. The number of pyridine rings is 1. The summed E-state index contributed by atoms with van der Waals surface area (Å²) in [7, 11) is 0. The summed E-state index contributed by atoms with van der Waals surface area (Å²) in [6, 6.07) is 5.99. The second-order valence-electron chi connectivity index (χ2n) is 15.8. The van der Waals surface area contributed by atoms with Crippen molar-refractivity contribution in [2.24, 2.45) is 0 Å². The molecule has 0 saturated carbocycles. The van der Waals surface area contributed by atoms with Crippen LogP contribution < -0.4 is 25.4 Å². The van der Waals surface area contributed by atoms with Crippen LogP contribution in [-0.2, 0) is 4.74 Å². The summed E-state index contributed by atoms with van der Waals surface area (Å²) in [6.07, 6.45) is -2.40. The van der Waals surface area contributed by atoms with Crippen LogP contribution in [0.4, 0.5) is 43.4 Å². The van der Waals surface area contributed by atoms with Crippen molar-refractivity contribution in [2.75, 3.05) is 48.8 Å². The molecule has 1 unspecified atom stereocenters. The van der Waals surface area contributed by atoms with E-state index in [0.717, 1.165) is 23.8 Å². The van der Waals surface area contributed by atoms with E-state index in [0.29, 0.717) is 13.0 Å². The third kappa shape index (κ3) is 7.37. The van der Waals surface area contributed by atoms with E-state index in [1.807, 2.05) is 11.0 Å². The van der Waals surface area contributed by atoms with Crippen molar-refractivity contribution in [3.8, 4) is 29.0 Å². The number of nitrogen functional groups attached to an aromatic ring is 1. The standard InChI is InChI=1S/C40H38ClF5N8O4S/c1-39(2,3)58-38(55)52-36-22(16-47)26-21(7-8-23(43)33(26)59-36)27-29(41)32-28-31(30(27)46)50-37(57-18-40-9-5-11-53(40)17-19(42)15-40)51-35(28)54(12-13-56-32)24(14-25(44)45)20-6-4-10-49-34(20)48/h4,6-8,10,19,24-25H,5,9,11-15,17-18H2,1-3H3,(H2,48,49)(H,52,55)/t19-,24?,40+/m1/s1. The monoisotopic (exact) mass is 856 g/mol. The predicted molar refractivity (Wildman–Crippen MR) is 213 cm³/mol. The van der Waals surface area contributed by atoms with Crippen LogP contribution in [0.15, 0.2) is 30.5 Å². The number of carbonyl (C=O) groups is 1. The zero-order chi connectivity index (χ0) is 42.0. The molecule has 3 N–H and O–H groups in total. The number of ether oxygens (including phenoxy) is 3. The van der Waals surface area contributed by atoms with Gasteiger partial charge in [-0.1, -0.05) is 23.7 Å². The minimum Gasteiger partial charge on any atom is -0.489 e. The fourth-order valence-electron chi connectivity index (χ4n) is 8.46. The minimum atomic E-state index is -2.82. The van der Waals surface area contributed by atoms with E-state index in [2.05, 4.69) is 15.3 Å². The number of nitriles is 1. The molecule has 0 radical (unpaired) electrons. The second-order valence-corrected chi connectivity index (χ2v) is 17.2. The number of rotatable bonds is 9. The minimum absolute atomic E-state index is 0.00257. The van der Waals surface area contributed by atoms with Crippen LogP contribution in [-0.4, -0.2) is 82.5 Å². The maximum Gasteiger partial charge on any atom is 0.412 e. The molecule has 0 spiro atoms. The van der Waals surface area contributed by atoms with E-state index < -0.39 is 53.9 Å². The van der Waals surface area contributed by atoms with Gasteiger partial charge in [0.05, 0.1) is 38.8 Å². The number of carbonyl (C=O) groups excluding carboxylic acids is 1. The Morgan fingerprint density at radius 3 is 2.75 bits per heavy atom. The number of anilines is 3.